The monoisotopic (exact) mass is 273 g/mol. The number of anilines is 1. The largest absolute Gasteiger partial charge is 0.387 e. The first kappa shape index (κ1) is 14.0. The second-order valence-corrected chi connectivity index (χ2v) is 4.43. The second kappa shape index (κ2) is 6.14. The minimum atomic E-state index is -0.295. The van der Waals surface area contributed by atoms with Gasteiger partial charge in [0.15, 0.2) is 0 Å². The molecule has 0 spiro atoms. The van der Waals surface area contributed by atoms with Gasteiger partial charge in [0.05, 0.1) is 17.9 Å². The van der Waals surface area contributed by atoms with Gasteiger partial charge in [-0.15, -0.1) is 0 Å². The molecule has 5 heteroatoms. The molecule has 2 aromatic rings. The lowest BCUT2D eigenvalue weighted by molar-refractivity contribution is 0.0935. The number of nitrogens with one attached hydrogen (secondary N) is 2. The summed E-state index contributed by atoms with van der Waals surface area (Å²) >= 11 is 0. The Bertz CT molecular complexity index is 581. The first-order valence-electron chi connectivity index (χ1n) is 6.30. The second-order valence-electron chi connectivity index (χ2n) is 4.43. The molecule has 0 saturated heterocycles. The minimum Gasteiger partial charge on any atom is -0.387 e. The van der Waals surface area contributed by atoms with Crippen LogP contribution in [-0.4, -0.2) is 17.9 Å². The number of pyridine rings is 1. The Morgan fingerprint density at radius 3 is 2.45 bits per heavy atom. The number of hydrogen-bond donors (Lipinski definition) is 2. The van der Waals surface area contributed by atoms with Gasteiger partial charge < -0.3 is 10.6 Å². The van der Waals surface area contributed by atoms with E-state index < -0.39 is 0 Å². The lowest BCUT2D eigenvalue weighted by atomic mass is 10.1. The Morgan fingerprint density at radius 1 is 1.20 bits per heavy atom. The summed E-state index contributed by atoms with van der Waals surface area (Å²) in [7, 11) is 1.79. The highest BCUT2D eigenvalue weighted by molar-refractivity contribution is 5.92. The molecule has 0 radical (unpaired) electrons. The van der Waals surface area contributed by atoms with Crippen LogP contribution in [0.25, 0.3) is 0 Å². The lowest BCUT2D eigenvalue weighted by Crippen LogP contribution is -2.27. The van der Waals surface area contributed by atoms with Crippen molar-refractivity contribution in [2.75, 3.05) is 12.4 Å². The molecule has 0 fully saturated rings. The SMILES string of the molecule is CNc1ccc(C(=O)NC(C)c2ccc(F)cc2)nc1. The third-order valence-corrected chi connectivity index (χ3v) is 3.00. The summed E-state index contributed by atoms with van der Waals surface area (Å²) in [5.74, 6) is -0.555. The third-order valence-electron chi connectivity index (χ3n) is 3.00. The van der Waals surface area contributed by atoms with Crippen LogP contribution < -0.4 is 10.6 Å². The van der Waals surface area contributed by atoms with E-state index in [4.69, 9.17) is 0 Å². The van der Waals surface area contributed by atoms with Crippen molar-refractivity contribution in [1.82, 2.24) is 10.3 Å². The number of benzene rings is 1. The van der Waals surface area contributed by atoms with Gasteiger partial charge in [0, 0.05) is 7.05 Å². The summed E-state index contributed by atoms with van der Waals surface area (Å²) in [6, 6.07) is 9.27. The van der Waals surface area contributed by atoms with Gasteiger partial charge in [-0.05, 0) is 36.8 Å². The van der Waals surface area contributed by atoms with Gasteiger partial charge in [0.25, 0.3) is 5.91 Å². The zero-order chi connectivity index (χ0) is 14.5. The normalized spacial score (nSPS) is 11.8. The van der Waals surface area contributed by atoms with E-state index in [1.165, 1.54) is 12.1 Å². The number of carbonyl (C=O) groups is 1. The van der Waals surface area contributed by atoms with Gasteiger partial charge in [-0.25, -0.2) is 9.37 Å². The standard InChI is InChI=1S/C15H16FN3O/c1-10(11-3-5-12(16)6-4-11)19-15(20)14-8-7-13(17-2)9-18-14/h3-10,17H,1-2H3,(H,19,20). The molecule has 1 heterocycles. The van der Waals surface area contributed by atoms with Crippen LogP contribution in [0.15, 0.2) is 42.6 Å². The van der Waals surface area contributed by atoms with Crippen LogP contribution in [0.4, 0.5) is 10.1 Å². The summed E-state index contributed by atoms with van der Waals surface area (Å²) in [6.07, 6.45) is 1.59. The maximum absolute atomic E-state index is 12.8. The van der Waals surface area contributed by atoms with Gasteiger partial charge >= 0.3 is 0 Å². The van der Waals surface area contributed by atoms with E-state index in [2.05, 4.69) is 15.6 Å². The maximum atomic E-state index is 12.8. The molecule has 2 N–H and O–H groups in total. The number of nitrogens with zero attached hydrogens (tertiary/aromatic N) is 1. The Kier molecular flexibility index (Phi) is 4.30. The number of rotatable bonds is 4. The first-order chi connectivity index (χ1) is 9.60. The predicted molar refractivity (Wildman–Crippen MR) is 76.1 cm³/mol. The van der Waals surface area contributed by atoms with Gasteiger partial charge in [-0.1, -0.05) is 12.1 Å². The van der Waals surface area contributed by atoms with Gasteiger partial charge in [0.2, 0.25) is 0 Å². The van der Waals surface area contributed by atoms with Crippen molar-refractivity contribution in [3.63, 3.8) is 0 Å². The molecule has 0 aliphatic rings. The number of carbonyl (C=O) groups excluding carboxylic acids is 1. The molecule has 20 heavy (non-hydrogen) atoms. The molecule has 2 rings (SSSR count). The smallest absolute Gasteiger partial charge is 0.270 e. The van der Waals surface area contributed by atoms with Crippen LogP contribution in [0.3, 0.4) is 0 Å². The zero-order valence-corrected chi connectivity index (χ0v) is 11.4. The van der Waals surface area contributed by atoms with Crippen LogP contribution in [0.5, 0.6) is 0 Å². The highest BCUT2D eigenvalue weighted by Crippen LogP contribution is 2.13. The van der Waals surface area contributed by atoms with Crippen molar-refractivity contribution in [2.24, 2.45) is 0 Å². The van der Waals surface area contributed by atoms with Crippen LogP contribution in [0, 0.1) is 5.82 Å². The summed E-state index contributed by atoms with van der Waals surface area (Å²) in [6.45, 7) is 1.84. The number of aromatic nitrogens is 1. The number of amides is 1. The quantitative estimate of drug-likeness (QED) is 0.900. The first-order valence-corrected chi connectivity index (χ1v) is 6.30. The van der Waals surface area contributed by atoms with Crippen molar-refractivity contribution in [1.29, 1.82) is 0 Å². The Hall–Kier alpha value is -2.43. The molecule has 1 aromatic heterocycles. The number of halogens is 1. The summed E-state index contributed by atoms with van der Waals surface area (Å²) in [4.78, 5) is 16.1. The van der Waals surface area contributed by atoms with Crippen LogP contribution >= 0.6 is 0 Å². The summed E-state index contributed by atoms with van der Waals surface area (Å²) < 4.78 is 12.8. The molecule has 1 atom stereocenters. The molecule has 1 aromatic carbocycles. The van der Waals surface area contributed by atoms with Gasteiger partial charge in [0.1, 0.15) is 11.5 Å². The van der Waals surface area contributed by atoms with E-state index in [0.717, 1.165) is 11.3 Å². The molecule has 0 saturated carbocycles. The van der Waals surface area contributed by atoms with E-state index >= 15 is 0 Å². The van der Waals surface area contributed by atoms with E-state index in [-0.39, 0.29) is 17.8 Å². The highest BCUT2D eigenvalue weighted by Gasteiger charge is 2.12. The molecule has 0 bridgehead atoms. The molecule has 1 unspecified atom stereocenters. The van der Waals surface area contributed by atoms with Crippen molar-refractivity contribution in [3.05, 3.63) is 59.7 Å². The van der Waals surface area contributed by atoms with E-state index in [0.29, 0.717) is 5.69 Å². The lowest BCUT2D eigenvalue weighted by Gasteiger charge is -2.14. The summed E-state index contributed by atoms with van der Waals surface area (Å²) in [5, 5.41) is 5.76. The van der Waals surface area contributed by atoms with Crippen molar-refractivity contribution in [2.45, 2.75) is 13.0 Å². The van der Waals surface area contributed by atoms with E-state index in [1.54, 1.807) is 37.5 Å². The predicted octanol–water partition coefficient (Wildman–Crippen LogP) is 2.75. The van der Waals surface area contributed by atoms with E-state index in [9.17, 15) is 9.18 Å². The van der Waals surface area contributed by atoms with E-state index in [1.807, 2.05) is 6.92 Å². The molecule has 4 nitrogen and oxygen atoms in total. The molecular formula is C15H16FN3O. The average molecular weight is 273 g/mol. The molecule has 104 valence electrons. The topological polar surface area (TPSA) is 54.0 Å². The van der Waals surface area contributed by atoms with Gasteiger partial charge in [-0.2, -0.15) is 0 Å². The average Bonchev–Trinajstić information content (AvgIpc) is 2.48. The minimum absolute atomic E-state index is 0.214. The fraction of sp³-hybridized carbons (Fsp3) is 0.200. The maximum Gasteiger partial charge on any atom is 0.270 e. The van der Waals surface area contributed by atoms with Gasteiger partial charge in [-0.3, -0.25) is 4.79 Å². The highest BCUT2D eigenvalue weighted by atomic mass is 19.1. The Morgan fingerprint density at radius 2 is 1.90 bits per heavy atom. The Labute approximate surface area is 117 Å². The van der Waals surface area contributed by atoms with Crippen LogP contribution in [0.2, 0.25) is 0 Å². The fourth-order valence-electron chi connectivity index (χ4n) is 1.78. The van der Waals surface area contributed by atoms with Crippen LogP contribution in [-0.2, 0) is 0 Å². The fourth-order valence-corrected chi connectivity index (χ4v) is 1.78. The number of hydrogen-bond acceptors (Lipinski definition) is 3. The zero-order valence-electron chi connectivity index (χ0n) is 11.4. The molecule has 0 aliphatic carbocycles. The van der Waals surface area contributed by atoms with Crippen molar-refractivity contribution in [3.8, 4) is 0 Å². The molecular weight excluding hydrogens is 257 g/mol. The van der Waals surface area contributed by atoms with Crippen molar-refractivity contribution < 1.29 is 9.18 Å². The third kappa shape index (κ3) is 3.32. The molecule has 1 amide bonds. The molecule has 0 aliphatic heterocycles. The Balaban J connectivity index is 2.04. The summed E-state index contributed by atoms with van der Waals surface area (Å²) in [5.41, 5.74) is 2.03. The van der Waals surface area contributed by atoms with Crippen LogP contribution in [0.1, 0.15) is 29.0 Å². The van der Waals surface area contributed by atoms with Crippen molar-refractivity contribution >= 4 is 11.6 Å².